The van der Waals surface area contributed by atoms with E-state index >= 15 is 0 Å². The molecule has 0 spiro atoms. The minimum atomic E-state index is -0.793. The predicted molar refractivity (Wildman–Crippen MR) is 33.4 cm³/mol. The lowest BCUT2D eigenvalue weighted by Crippen LogP contribution is -2.16. The largest absolute Gasteiger partial charge is 0.448 e. The van der Waals surface area contributed by atoms with E-state index in [1.807, 2.05) is 0 Å². The second-order valence-electron chi connectivity index (χ2n) is 1.74. The summed E-state index contributed by atoms with van der Waals surface area (Å²) in [5, 5.41) is 10.3. The molecule has 11 heavy (non-hydrogen) atoms. The molecule has 7 heteroatoms. The number of carbonyl (C=O) groups excluding carboxylic acids is 1. The molecule has 0 bridgehead atoms. The summed E-state index contributed by atoms with van der Waals surface area (Å²) in [7, 11) is 0. The first-order valence-electron chi connectivity index (χ1n) is 2.92. The quantitative estimate of drug-likeness (QED) is 0.592. The Morgan fingerprint density at radius 1 is 1.73 bits per heavy atom. The van der Waals surface area contributed by atoms with Gasteiger partial charge in [0.1, 0.15) is 12.9 Å². The van der Waals surface area contributed by atoms with Gasteiger partial charge in [-0.3, -0.25) is 0 Å². The van der Waals surface area contributed by atoms with Crippen LogP contribution < -0.4 is 5.73 Å². The van der Waals surface area contributed by atoms with Gasteiger partial charge in [0, 0.05) is 0 Å². The number of carbonyl (C=O) groups is 1. The van der Waals surface area contributed by atoms with Crippen LogP contribution in [0.1, 0.15) is 0 Å². The molecule has 1 heterocycles. The number of amides is 1. The highest BCUT2D eigenvalue weighted by molar-refractivity contribution is 5.64. The zero-order valence-electron chi connectivity index (χ0n) is 5.67. The van der Waals surface area contributed by atoms with E-state index in [4.69, 9.17) is 5.73 Å². The Labute approximate surface area is 62.1 Å². The van der Waals surface area contributed by atoms with Crippen LogP contribution in [0, 0.1) is 0 Å². The highest BCUT2D eigenvalue weighted by atomic mass is 16.5. The van der Waals surface area contributed by atoms with Crippen molar-refractivity contribution >= 4 is 6.09 Å². The van der Waals surface area contributed by atoms with Gasteiger partial charge in [-0.1, -0.05) is 0 Å². The molecular weight excluding hydrogens is 150 g/mol. The fourth-order valence-electron chi connectivity index (χ4n) is 0.522. The third kappa shape index (κ3) is 2.61. The van der Waals surface area contributed by atoms with E-state index in [1.165, 1.54) is 11.0 Å². The van der Waals surface area contributed by atoms with Crippen LogP contribution in [0.15, 0.2) is 6.33 Å². The van der Waals surface area contributed by atoms with Gasteiger partial charge in [0.15, 0.2) is 0 Å². The van der Waals surface area contributed by atoms with Crippen molar-refractivity contribution in [1.82, 2.24) is 20.2 Å². The molecule has 0 aliphatic heterocycles. The van der Waals surface area contributed by atoms with Crippen molar-refractivity contribution in [2.24, 2.45) is 5.73 Å². The summed E-state index contributed by atoms with van der Waals surface area (Å²) < 4.78 is 5.87. The summed E-state index contributed by atoms with van der Waals surface area (Å²) in [6.07, 6.45) is 0.628. The van der Waals surface area contributed by atoms with Crippen molar-refractivity contribution in [1.29, 1.82) is 0 Å². The average Bonchev–Trinajstić information content (AvgIpc) is 2.39. The molecule has 0 radical (unpaired) electrons. The Hall–Kier alpha value is -1.66. The number of hydrogen-bond acceptors (Lipinski definition) is 5. The molecule has 1 amide bonds. The van der Waals surface area contributed by atoms with E-state index in [0.717, 1.165) is 0 Å². The van der Waals surface area contributed by atoms with Crippen molar-refractivity contribution in [3.63, 3.8) is 0 Å². The van der Waals surface area contributed by atoms with Gasteiger partial charge in [0.25, 0.3) is 0 Å². The molecule has 1 aromatic rings. The highest BCUT2D eigenvalue weighted by Gasteiger charge is 1.94. The zero-order valence-corrected chi connectivity index (χ0v) is 5.67. The molecule has 0 unspecified atom stereocenters. The summed E-state index contributed by atoms with van der Waals surface area (Å²) >= 11 is 0. The van der Waals surface area contributed by atoms with E-state index in [1.54, 1.807) is 0 Å². The summed E-state index contributed by atoms with van der Waals surface area (Å²) in [6, 6.07) is 0. The molecule has 2 N–H and O–H groups in total. The number of hydrogen-bond donors (Lipinski definition) is 1. The number of aromatic nitrogens is 4. The van der Waals surface area contributed by atoms with Crippen LogP contribution in [0.25, 0.3) is 0 Å². The van der Waals surface area contributed by atoms with Crippen LogP contribution in [0.2, 0.25) is 0 Å². The average molecular weight is 157 g/mol. The van der Waals surface area contributed by atoms with Crippen LogP contribution in [0.5, 0.6) is 0 Å². The lowest BCUT2D eigenvalue weighted by atomic mass is 10.7. The zero-order chi connectivity index (χ0) is 8.10. The predicted octanol–water partition coefficient (Wildman–Crippen LogP) is -1.23. The lowest BCUT2D eigenvalue weighted by molar-refractivity contribution is 0.150. The number of rotatable bonds is 3. The number of nitrogens with zero attached hydrogens (tertiary/aromatic N) is 4. The van der Waals surface area contributed by atoms with E-state index in [2.05, 4.69) is 20.3 Å². The third-order valence-electron chi connectivity index (χ3n) is 0.956. The van der Waals surface area contributed by atoms with Gasteiger partial charge in [-0.2, -0.15) is 0 Å². The van der Waals surface area contributed by atoms with Gasteiger partial charge in [-0.15, -0.1) is 5.10 Å². The summed E-state index contributed by atoms with van der Waals surface area (Å²) in [5.41, 5.74) is 4.71. The molecule has 0 aromatic carbocycles. The van der Waals surface area contributed by atoms with Crippen LogP contribution in [0.4, 0.5) is 4.79 Å². The van der Waals surface area contributed by atoms with Gasteiger partial charge < -0.3 is 10.5 Å². The van der Waals surface area contributed by atoms with Crippen LogP contribution in [-0.4, -0.2) is 32.9 Å². The van der Waals surface area contributed by atoms with Crippen LogP contribution in [0.3, 0.4) is 0 Å². The topological polar surface area (TPSA) is 95.9 Å². The van der Waals surface area contributed by atoms with E-state index in [-0.39, 0.29) is 6.61 Å². The van der Waals surface area contributed by atoms with Gasteiger partial charge in [-0.05, 0) is 10.4 Å². The Morgan fingerprint density at radius 3 is 3.09 bits per heavy atom. The molecule has 0 saturated carbocycles. The van der Waals surface area contributed by atoms with Gasteiger partial charge in [0.05, 0.1) is 6.54 Å². The molecule has 0 aliphatic carbocycles. The summed E-state index contributed by atoms with van der Waals surface area (Å²) in [6.45, 7) is 0.594. The SMILES string of the molecule is NC(=O)OCCn1cnnn1. The van der Waals surface area contributed by atoms with Crippen molar-refractivity contribution in [3.8, 4) is 0 Å². The van der Waals surface area contributed by atoms with Gasteiger partial charge >= 0.3 is 6.09 Å². The van der Waals surface area contributed by atoms with E-state index < -0.39 is 6.09 Å². The summed E-state index contributed by atoms with van der Waals surface area (Å²) in [4.78, 5) is 10.1. The van der Waals surface area contributed by atoms with Crippen LogP contribution in [-0.2, 0) is 11.3 Å². The van der Waals surface area contributed by atoms with Crippen LogP contribution >= 0.6 is 0 Å². The molecule has 60 valence electrons. The fraction of sp³-hybridized carbons (Fsp3) is 0.500. The number of tetrazole rings is 1. The minimum Gasteiger partial charge on any atom is -0.448 e. The molecule has 0 atom stereocenters. The first-order valence-corrected chi connectivity index (χ1v) is 2.92. The molecular formula is C4H7N5O2. The number of nitrogens with two attached hydrogens (primary N) is 1. The second kappa shape index (κ2) is 3.49. The number of primary amides is 1. The third-order valence-corrected chi connectivity index (χ3v) is 0.956. The van der Waals surface area contributed by atoms with Crippen molar-refractivity contribution in [2.45, 2.75) is 6.54 Å². The maximum absolute atomic E-state index is 10.1. The highest BCUT2D eigenvalue weighted by Crippen LogP contribution is 1.79. The fourth-order valence-corrected chi connectivity index (χ4v) is 0.522. The minimum absolute atomic E-state index is 0.181. The van der Waals surface area contributed by atoms with Crippen molar-refractivity contribution in [2.75, 3.05) is 6.61 Å². The van der Waals surface area contributed by atoms with E-state index in [0.29, 0.717) is 6.54 Å². The Morgan fingerprint density at radius 2 is 2.55 bits per heavy atom. The molecule has 1 aromatic heterocycles. The maximum atomic E-state index is 10.1. The smallest absolute Gasteiger partial charge is 0.404 e. The van der Waals surface area contributed by atoms with Gasteiger partial charge in [-0.25, -0.2) is 9.48 Å². The van der Waals surface area contributed by atoms with Crippen molar-refractivity contribution in [3.05, 3.63) is 6.33 Å². The van der Waals surface area contributed by atoms with E-state index in [9.17, 15) is 4.79 Å². The Bertz CT molecular complexity index is 220. The summed E-state index contributed by atoms with van der Waals surface area (Å²) in [5.74, 6) is 0. The lowest BCUT2D eigenvalue weighted by Gasteiger charge is -1.98. The maximum Gasteiger partial charge on any atom is 0.404 e. The number of ether oxygens (including phenoxy) is 1. The Balaban J connectivity index is 2.19. The second-order valence-corrected chi connectivity index (χ2v) is 1.74. The molecule has 7 nitrogen and oxygen atoms in total. The normalized spacial score (nSPS) is 9.45. The monoisotopic (exact) mass is 157 g/mol. The van der Waals surface area contributed by atoms with Crippen molar-refractivity contribution < 1.29 is 9.53 Å². The Kier molecular flexibility index (Phi) is 2.37. The molecule has 0 fully saturated rings. The van der Waals surface area contributed by atoms with Gasteiger partial charge in [0.2, 0.25) is 0 Å². The first-order chi connectivity index (χ1) is 5.29. The molecule has 0 saturated heterocycles. The molecule has 0 aliphatic rings. The molecule has 1 rings (SSSR count). The first kappa shape index (κ1) is 7.45. The standard InChI is InChI=1S/C4H7N5O2/c5-4(10)11-2-1-9-3-6-7-8-9/h3H,1-2H2,(H2,5,10).